The summed E-state index contributed by atoms with van der Waals surface area (Å²) in [5.41, 5.74) is 23.5. The second kappa shape index (κ2) is 53.5. The average Bonchev–Trinajstić information content (AvgIpc) is 1.58. The predicted octanol–water partition coefficient (Wildman–Crippen LogP) is 0.532. The number of nitrogens with zero attached hydrogens (tertiary/aromatic N) is 1. The highest BCUT2D eigenvalue weighted by molar-refractivity contribution is 6.00. The van der Waals surface area contributed by atoms with Gasteiger partial charge in [0.25, 0.3) is 0 Å². The van der Waals surface area contributed by atoms with E-state index in [0.29, 0.717) is 64.3 Å². The second-order valence-corrected chi connectivity index (χ2v) is 30.9. The summed E-state index contributed by atoms with van der Waals surface area (Å²) < 4.78 is 6.14. The number of unbranched alkanes of at least 4 members (excludes halogenated alkanes) is 10. The van der Waals surface area contributed by atoms with E-state index < -0.39 is 210 Å². The minimum atomic E-state index is -1.83. The summed E-state index contributed by atoms with van der Waals surface area (Å²) in [5, 5.41) is 51.0. The molecule has 0 unspecified atom stereocenters. The lowest BCUT2D eigenvalue weighted by atomic mass is 9.90. The Morgan fingerprint density at radius 3 is 1.45 bits per heavy atom. The Morgan fingerprint density at radius 2 is 0.945 bits per heavy atom. The van der Waals surface area contributed by atoms with E-state index in [1.165, 1.54) is 11.8 Å². The third-order valence-electron chi connectivity index (χ3n) is 20.8. The Hall–Kier alpha value is -7.46. The molecule has 2 aliphatic rings. The van der Waals surface area contributed by atoms with Crippen molar-refractivity contribution in [2.45, 2.75) is 322 Å². The number of esters is 1. The smallest absolute Gasteiger partial charge is 0.329 e. The van der Waals surface area contributed by atoms with E-state index in [2.05, 4.69) is 65.4 Å². The van der Waals surface area contributed by atoms with Crippen LogP contribution in [0.15, 0.2) is 0 Å². The van der Waals surface area contributed by atoms with Gasteiger partial charge in [0.1, 0.15) is 78.6 Å². The number of rotatable bonds is 38. The minimum Gasteiger partial charge on any atom is -0.458 e. The van der Waals surface area contributed by atoms with Gasteiger partial charge >= 0.3 is 5.97 Å². The molecule has 0 radical (unpaired) electrons. The molecule has 16 atom stereocenters. The number of hydrogen-bond acceptors (Lipinski definition) is 21. The summed E-state index contributed by atoms with van der Waals surface area (Å²) in [7, 11) is 0. The summed E-state index contributed by atoms with van der Waals surface area (Å²) in [5.74, 6) is -16.5. The van der Waals surface area contributed by atoms with Crippen LogP contribution in [0.25, 0.3) is 0 Å². The van der Waals surface area contributed by atoms with Crippen LogP contribution in [0.1, 0.15) is 244 Å². The van der Waals surface area contributed by atoms with Crippen molar-refractivity contribution >= 4 is 82.6 Å². The largest absolute Gasteiger partial charge is 0.458 e. The molecule has 0 aromatic carbocycles. The van der Waals surface area contributed by atoms with Crippen molar-refractivity contribution in [2.24, 2.45) is 58.4 Å². The highest BCUT2D eigenvalue weighted by Gasteiger charge is 2.44. The molecular formula is C77H140N16O17. The van der Waals surface area contributed by atoms with E-state index >= 15 is 9.59 Å². The van der Waals surface area contributed by atoms with Gasteiger partial charge in [-0.25, -0.2) is 4.79 Å². The summed E-state index contributed by atoms with van der Waals surface area (Å²) in [4.78, 5) is 205. The fourth-order valence-corrected chi connectivity index (χ4v) is 13.2. The number of fused-ring (bicyclic) bond motifs is 1. The lowest BCUT2D eigenvalue weighted by molar-refractivity contribution is -0.157. The van der Waals surface area contributed by atoms with E-state index in [-0.39, 0.29) is 89.9 Å². The molecule has 0 saturated carbocycles. The molecule has 2 saturated heterocycles. The first-order chi connectivity index (χ1) is 52.2. The highest BCUT2D eigenvalue weighted by Crippen LogP contribution is 2.25. The van der Waals surface area contributed by atoms with E-state index in [1.807, 2.05) is 0 Å². The number of aliphatic hydroxyl groups is 2. The van der Waals surface area contributed by atoms with Crippen LogP contribution in [0.4, 0.5) is 0 Å². The molecule has 33 heteroatoms. The number of nitrogens with two attached hydrogens (primary N) is 4. The first-order valence-corrected chi connectivity index (χ1v) is 40.6. The minimum absolute atomic E-state index is 0.00889. The number of carbonyl (C=O) groups is 14. The zero-order valence-electron chi connectivity index (χ0n) is 67.9. The van der Waals surface area contributed by atoms with E-state index in [9.17, 15) is 67.7 Å². The maximum Gasteiger partial charge on any atom is 0.329 e. The molecule has 0 spiro atoms. The van der Waals surface area contributed by atoms with Crippen LogP contribution in [-0.4, -0.2) is 222 Å². The number of hydrogen-bond donors (Lipinski definition) is 17. The molecule has 21 N–H and O–H groups in total. The maximum absolute atomic E-state index is 15.4. The summed E-state index contributed by atoms with van der Waals surface area (Å²) in [6.07, 6.45) is 8.59. The van der Waals surface area contributed by atoms with Gasteiger partial charge in [0.2, 0.25) is 70.9 Å². The Bertz CT molecular complexity index is 2910. The maximum atomic E-state index is 15.4. The van der Waals surface area contributed by atoms with E-state index in [4.69, 9.17) is 27.7 Å². The van der Waals surface area contributed by atoms with Gasteiger partial charge in [-0.05, 0) is 153 Å². The molecule has 2 aliphatic heterocycles. The molecule has 33 nitrogen and oxygen atoms in total. The van der Waals surface area contributed by atoms with Crippen molar-refractivity contribution in [2.75, 3.05) is 45.9 Å². The van der Waals surface area contributed by atoms with Gasteiger partial charge in [0, 0.05) is 25.3 Å². The van der Waals surface area contributed by atoms with Gasteiger partial charge in [-0.3, -0.25) is 62.3 Å². The van der Waals surface area contributed by atoms with Gasteiger partial charge in [0.05, 0.1) is 13.2 Å². The van der Waals surface area contributed by atoms with Crippen molar-refractivity contribution in [1.82, 2.24) is 63.4 Å². The van der Waals surface area contributed by atoms with Crippen LogP contribution in [0.3, 0.4) is 0 Å². The fourth-order valence-electron chi connectivity index (χ4n) is 13.2. The Morgan fingerprint density at radius 1 is 0.500 bits per heavy atom. The number of amides is 12. The molecule has 0 bridgehead atoms. The van der Waals surface area contributed by atoms with Gasteiger partial charge < -0.3 is 101 Å². The average molecular weight is 1560 g/mol. The Labute approximate surface area is 652 Å². The first-order valence-electron chi connectivity index (χ1n) is 40.6. The van der Waals surface area contributed by atoms with Crippen LogP contribution >= 0.6 is 0 Å². The number of ketones is 1. The van der Waals surface area contributed by atoms with Crippen molar-refractivity contribution in [3.63, 3.8) is 0 Å². The monoisotopic (exact) mass is 1560 g/mol. The van der Waals surface area contributed by atoms with Crippen LogP contribution in [0, 0.1) is 35.5 Å². The molecular weight excluding hydrogens is 1420 g/mol. The normalized spacial score (nSPS) is 25.1. The Kier molecular flexibility index (Phi) is 47.9. The quantitative estimate of drug-likeness (QED) is 0.0296. The zero-order valence-corrected chi connectivity index (χ0v) is 67.9. The van der Waals surface area contributed by atoms with Gasteiger partial charge in [0.15, 0.2) is 5.78 Å². The summed E-state index contributed by atoms with van der Waals surface area (Å²) in [6.45, 7) is 18.9. The van der Waals surface area contributed by atoms with Crippen LogP contribution in [0.2, 0.25) is 0 Å². The number of nitrogens with one attached hydrogen (secondary N) is 11. The summed E-state index contributed by atoms with van der Waals surface area (Å²) in [6, 6.07) is -17.3. The first kappa shape index (κ1) is 98.6. The van der Waals surface area contributed by atoms with E-state index in [1.54, 1.807) is 69.2 Å². The number of Topliss-reactive ketones (excluding diaryl/α,β-unsaturated/α-hetero) is 1. The van der Waals surface area contributed by atoms with Crippen LogP contribution in [0.5, 0.6) is 0 Å². The fraction of sp³-hybridized carbons (Fsp3) is 0.818. The van der Waals surface area contributed by atoms with Crippen LogP contribution < -0.4 is 81.4 Å². The SMILES string of the molecule is CCCCCCCCCC(=O)N[C@H](CCCCN)C(=O)N[C@H](C(=O)N[C@@H]1C(=O)C[C@H](CCCCN)C(=O)N[C@@H](CO)C(=O)N[C@@H](C(C)C)C(=O)N[C@H](CCCCN)C(=O)N[C@H](CO)C(=O)N[C@@H]([C@@H](C)CC)C(=O)N2CCC[C@H]2C(=O)N[C@@H](C(C)C)C(=O)N[C@@H](CCCCN)C(=O)N[C@@H]([C@@H](C)CC)C(=O)O[C@@H]1C)C(C)C. The van der Waals surface area contributed by atoms with E-state index in [0.717, 1.165) is 38.5 Å². The van der Waals surface area contributed by atoms with Crippen molar-refractivity contribution in [1.29, 1.82) is 0 Å². The third-order valence-corrected chi connectivity index (χ3v) is 20.8. The number of cyclic esters (lactones) is 1. The highest BCUT2D eigenvalue weighted by atomic mass is 16.5. The molecule has 2 heterocycles. The van der Waals surface area contributed by atoms with Gasteiger partial charge in [-0.1, -0.05) is 134 Å². The Balaban J connectivity index is 3.01. The lowest BCUT2D eigenvalue weighted by Crippen LogP contribution is -2.62. The third kappa shape index (κ3) is 33.9. The van der Waals surface area contributed by atoms with Gasteiger partial charge in [-0.15, -0.1) is 0 Å². The standard InChI is InChI=1S/C77H140N16O17/c1-13-16-17-18-19-20-21-36-59(97)82-52(32-23-27-38-79)68(100)87-62(47(8)9)75(107)92-65-50(12)110-77(109)64(49(11)15-3)91-69(101)54(34-25-29-40-81)84-74(106)61(46(6)7)89-72(104)57-35-30-41-93(57)76(108)63(48(10)14-2)90-71(103)56(44-95)86-67(99)53(33-24-28-39-80)83-73(105)60(45(4)5)88-70(102)55(43-94)85-66(98)51(42-58(65)96)31-22-26-37-78/h45-57,60-65,94-95H,13-44,78-81H2,1-12H3,(H,82,97)(H,83,105)(H,84,106)(H,85,98)(H,86,99)(H,87,100)(H,88,102)(H,89,104)(H,90,103)(H,91,101)(H,92,107)/t48-,49-,50+,51-,52+,53+,54-,55-,56+,57-,60-,61-,62-,63-,64-,65-/m0/s1. The lowest BCUT2D eigenvalue weighted by Gasteiger charge is -2.33. The molecule has 0 aliphatic carbocycles. The van der Waals surface area contributed by atoms with Crippen molar-refractivity contribution in [3.05, 3.63) is 0 Å². The topological polar surface area (TPSA) is 528 Å². The molecule has 0 aromatic rings. The molecule has 2 fully saturated rings. The summed E-state index contributed by atoms with van der Waals surface area (Å²) >= 11 is 0. The predicted molar refractivity (Wildman–Crippen MR) is 416 cm³/mol. The number of aliphatic hydroxyl groups excluding tert-OH is 2. The molecule has 0 aromatic heterocycles. The number of carbonyl (C=O) groups excluding carboxylic acids is 14. The van der Waals surface area contributed by atoms with Crippen LogP contribution in [-0.2, 0) is 71.9 Å². The molecule has 2 rings (SSSR count). The van der Waals surface area contributed by atoms with Crippen molar-refractivity contribution in [3.8, 4) is 0 Å². The molecule has 12 amide bonds. The van der Waals surface area contributed by atoms with Gasteiger partial charge in [-0.2, -0.15) is 0 Å². The molecule has 630 valence electrons. The number of ether oxygens (including phenoxy) is 1. The van der Waals surface area contributed by atoms with Crippen molar-refractivity contribution < 1.29 is 82.1 Å². The molecule has 110 heavy (non-hydrogen) atoms. The zero-order chi connectivity index (χ0) is 82.7. The second-order valence-electron chi connectivity index (χ2n) is 30.9.